The van der Waals surface area contributed by atoms with E-state index >= 15 is 0 Å². The summed E-state index contributed by atoms with van der Waals surface area (Å²) in [6.45, 7) is 2.35. The zero-order valence-electron chi connectivity index (χ0n) is 15.8. The maximum absolute atomic E-state index is 12.6. The average Bonchev–Trinajstić information content (AvgIpc) is 3.25. The fraction of sp³-hybridized carbons (Fsp3) is 0.190. The molecule has 0 aliphatic carbocycles. The standard InChI is InChI=1S/C21H18BrN5O2.ClH/c22-17-3-6-19(15(9-17)10-23)27-13-16(11-25-27)21(28)26-18-4-1-14(2-5-18)20-12-24-7-8-29-20;/h1-6,9,11,13,20,24H,7-8,12H2,(H,26,28);1H/t20-;/m1./s1. The summed E-state index contributed by atoms with van der Waals surface area (Å²) in [5.74, 6) is -0.268. The van der Waals surface area contributed by atoms with Gasteiger partial charge in [-0.2, -0.15) is 10.4 Å². The minimum atomic E-state index is -0.268. The van der Waals surface area contributed by atoms with Crippen LogP contribution in [0.3, 0.4) is 0 Å². The average molecular weight is 489 g/mol. The molecule has 9 heteroatoms. The molecule has 4 rings (SSSR count). The number of hydrogen-bond donors (Lipinski definition) is 2. The lowest BCUT2D eigenvalue weighted by molar-refractivity contribution is 0.0277. The first-order valence-electron chi connectivity index (χ1n) is 9.12. The van der Waals surface area contributed by atoms with Crippen molar-refractivity contribution in [1.29, 1.82) is 5.26 Å². The molecular formula is C21H19BrClN5O2. The van der Waals surface area contributed by atoms with Crippen LogP contribution < -0.4 is 10.6 Å². The molecule has 1 fully saturated rings. The van der Waals surface area contributed by atoms with Gasteiger partial charge < -0.3 is 15.4 Å². The molecule has 1 aliphatic heterocycles. The first-order valence-corrected chi connectivity index (χ1v) is 9.91. The topological polar surface area (TPSA) is 92.0 Å². The molecule has 2 aromatic carbocycles. The normalized spacial score (nSPS) is 15.7. The number of ether oxygens (including phenoxy) is 1. The maximum atomic E-state index is 12.6. The summed E-state index contributed by atoms with van der Waals surface area (Å²) in [5.41, 5.74) is 3.24. The Morgan fingerprint density at radius 2 is 2.10 bits per heavy atom. The van der Waals surface area contributed by atoms with Crippen LogP contribution in [-0.4, -0.2) is 35.4 Å². The molecule has 3 aromatic rings. The van der Waals surface area contributed by atoms with Crippen molar-refractivity contribution < 1.29 is 9.53 Å². The highest BCUT2D eigenvalue weighted by Crippen LogP contribution is 2.22. The molecule has 0 bridgehead atoms. The van der Waals surface area contributed by atoms with Gasteiger partial charge in [-0.15, -0.1) is 12.4 Å². The van der Waals surface area contributed by atoms with Gasteiger partial charge in [-0.25, -0.2) is 4.68 Å². The molecule has 0 saturated carbocycles. The number of carbonyl (C=O) groups excluding carboxylic acids is 1. The molecule has 1 atom stereocenters. The first kappa shape index (κ1) is 22.0. The second kappa shape index (κ2) is 9.87. The molecule has 0 radical (unpaired) electrons. The van der Waals surface area contributed by atoms with Crippen molar-refractivity contribution in [2.24, 2.45) is 0 Å². The van der Waals surface area contributed by atoms with Crippen molar-refractivity contribution in [2.75, 3.05) is 25.0 Å². The SMILES string of the molecule is Cl.N#Cc1cc(Br)ccc1-n1cc(C(=O)Nc2ccc([C@H]3CNCCO3)cc2)cn1. The van der Waals surface area contributed by atoms with Crippen molar-refractivity contribution in [2.45, 2.75) is 6.10 Å². The van der Waals surface area contributed by atoms with Crippen molar-refractivity contribution in [1.82, 2.24) is 15.1 Å². The summed E-state index contributed by atoms with van der Waals surface area (Å²) in [5, 5.41) is 19.7. The highest BCUT2D eigenvalue weighted by atomic mass is 79.9. The molecule has 2 N–H and O–H groups in total. The molecule has 2 heterocycles. The van der Waals surface area contributed by atoms with Gasteiger partial charge in [0, 0.05) is 29.4 Å². The third-order valence-corrected chi connectivity index (χ3v) is 5.13. The van der Waals surface area contributed by atoms with Crippen LogP contribution in [0, 0.1) is 11.3 Å². The van der Waals surface area contributed by atoms with E-state index in [0.717, 1.165) is 23.1 Å². The Labute approximate surface area is 188 Å². The Hall–Kier alpha value is -2.70. The number of nitriles is 1. The van der Waals surface area contributed by atoms with E-state index in [-0.39, 0.29) is 24.4 Å². The molecule has 0 unspecified atom stereocenters. The number of aromatic nitrogens is 2. The van der Waals surface area contributed by atoms with E-state index in [9.17, 15) is 10.1 Å². The van der Waals surface area contributed by atoms with E-state index in [2.05, 4.69) is 37.7 Å². The highest BCUT2D eigenvalue weighted by molar-refractivity contribution is 9.10. The number of halogens is 2. The van der Waals surface area contributed by atoms with Crippen molar-refractivity contribution in [3.8, 4) is 11.8 Å². The maximum Gasteiger partial charge on any atom is 0.258 e. The highest BCUT2D eigenvalue weighted by Gasteiger charge is 2.16. The zero-order chi connectivity index (χ0) is 20.2. The fourth-order valence-corrected chi connectivity index (χ4v) is 3.49. The summed E-state index contributed by atoms with van der Waals surface area (Å²) in [6, 6.07) is 15.1. The van der Waals surface area contributed by atoms with Crippen LogP contribution in [0.5, 0.6) is 0 Å². The second-order valence-electron chi connectivity index (χ2n) is 6.59. The summed E-state index contributed by atoms with van der Waals surface area (Å²) >= 11 is 3.35. The van der Waals surface area contributed by atoms with Gasteiger partial charge in [-0.1, -0.05) is 28.1 Å². The lowest BCUT2D eigenvalue weighted by Gasteiger charge is -2.24. The number of morpholine rings is 1. The monoisotopic (exact) mass is 487 g/mol. The lowest BCUT2D eigenvalue weighted by Crippen LogP contribution is -2.33. The molecule has 0 spiro atoms. The van der Waals surface area contributed by atoms with E-state index in [1.54, 1.807) is 18.3 Å². The van der Waals surface area contributed by atoms with Gasteiger partial charge in [0.15, 0.2) is 0 Å². The van der Waals surface area contributed by atoms with E-state index < -0.39 is 0 Å². The first-order chi connectivity index (χ1) is 14.1. The van der Waals surface area contributed by atoms with E-state index in [1.165, 1.54) is 10.9 Å². The lowest BCUT2D eigenvalue weighted by atomic mass is 10.1. The molecular weight excluding hydrogens is 470 g/mol. The molecule has 1 amide bonds. The number of amides is 1. The van der Waals surface area contributed by atoms with Gasteiger partial charge in [-0.3, -0.25) is 4.79 Å². The van der Waals surface area contributed by atoms with Crippen LogP contribution in [-0.2, 0) is 4.74 Å². The van der Waals surface area contributed by atoms with Crippen molar-refractivity contribution in [3.05, 3.63) is 76.0 Å². The number of carbonyl (C=O) groups is 1. The van der Waals surface area contributed by atoms with Crippen LogP contribution in [0.4, 0.5) is 5.69 Å². The zero-order valence-corrected chi connectivity index (χ0v) is 18.2. The Morgan fingerprint density at radius 1 is 1.30 bits per heavy atom. The predicted molar refractivity (Wildman–Crippen MR) is 119 cm³/mol. The van der Waals surface area contributed by atoms with Crippen LogP contribution in [0.2, 0.25) is 0 Å². The minimum absolute atomic E-state index is 0. The Balaban J connectivity index is 0.00000256. The summed E-state index contributed by atoms with van der Waals surface area (Å²) in [4.78, 5) is 12.6. The van der Waals surface area contributed by atoms with Crippen molar-refractivity contribution >= 4 is 39.9 Å². The van der Waals surface area contributed by atoms with Crippen LogP contribution in [0.25, 0.3) is 5.69 Å². The van der Waals surface area contributed by atoms with Gasteiger partial charge in [-0.05, 0) is 35.9 Å². The number of nitrogens with zero attached hydrogens (tertiary/aromatic N) is 3. The van der Waals surface area contributed by atoms with Crippen LogP contribution in [0.15, 0.2) is 59.3 Å². The molecule has 7 nitrogen and oxygen atoms in total. The Kier molecular flexibility index (Phi) is 7.24. The van der Waals surface area contributed by atoms with Gasteiger partial charge in [0.2, 0.25) is 0 Å². The van der Waals surface area contributed by atoms with Crippen LogP contribution >= 0.6 is 28.3 Å². The molecule has 154 valence electrons. The number of nitrogens with one attached hydrogen (secondary N) is 2. The summed E-state index contributed by atoms with van der Waals surface area (Å²) in [7, 11) is 0. The quantitative estimate of drug-likeness (QED) is 0.582. The third kappa shape index (κ3) is 4.89. The summed E-state index contributed by atoms with van der Waals surface area (Å²) in [6.07, 6.45) is 3.12. The third-order valence-electron chi connectivity index (χ3n) is 4.64. The molecule has 1 aliphatic rings. The largest absolute Gasteiger partial charge is 0.371 e. The van der Waals surface area contributed by atoms with E-state index in [0.29, 0.717) is 29.1 Å². The van der Waals surface area contributed by atoms with Gasteiger partial charge >= 0.3 is 0 Å². The molecule has 30 heavy (non-hydrogen) atoms. The Bertz CT molecular complexity index is 1070. The second-order valence-corrected chi connectivity index (χ2v) is 7.50. The predicted octanol–water partition coefficient (Wildman–Crippen LogP) is 3.84. The Morgan fingerprint density at radius 3 is 2.80 bits per heavy atom. The smallest absolute Gasteiger partial charge is 0.258 e. The number of anilines is 1. The van der Waals surface area contributed by atoms with E-state index in [1.807, 2.05) is 30.3 Å². The van der Waals surface area contributed by atoms with Gasteiger partial charge in [0.1, 0.15) is 6.07 Å². The van der Waals surface area contributed by atoms with Crippen molar-refractivity contribution in [3.63, 3.8) is 0 Å². The van der Waals surface area contributed by atoms with E-state index in [4.69, 9.17) is 4.74 Å². The fourth-order valence-electron chi connectivity index (χ4n) is 3.13. The summed E-state index contributed by atoms with van der Waals surface area (Å²) < 4.78 is 8.07. The molecule has 1 saturated heterocycles. The van der Waals surface area contributed by atoms with Gasteiger partial charge in [0.25, 0.3) is 5.91 Å². The van der Waals surface area contributed by atoms with Gasteiger partial charge in [0.05, 0.1) is 35.7 Å². The number of benzene rings is 2. The molecule has 1 aromatic heterocycles. The minimum Gasteiger partial charge on any atom is -0.371 e. The van der Waals surface area contributed by atoms with Crippen LogP contribution in [0.1, 0.15) is 27.6 Å². The number of rotatable bonds is 4. The number of hydrogen-bond acceptors (Lipinski definition) is 5.